The van der Waals surface area contributed by atoms with E-state index >= 15 is 0 Å². The van der Waals surface area contributed by atoms with Gasteiger partial charge in [0.15, 0.2) is 0 Å². The molecule has 8 nitrogen and oxygen atoms in total. The highest BCUT2D eigenvalue weighted by molar-refractivity contribution is 6.09. The number of hydrogen-bond donors (Lipinski definition) is 0. The van der Waals surface area contributed by atoms with Crippen molar-refractivity contribution in [2.45, 2.75) is 6.04 Å². The van der Waals surface area contributed by atoms with E-state index in [1.165, 1.54) is 12.1 Å². The van der Waals surface area contributed by atoms with E-state index in [1.54, 1.807) is 26.4 Å². The van der Waals surface area contributed by atoms with Gasteiger partial charge in [-0.3, -0.25) is 15.1 Å². The molecule has 36 heavy (non-hydrogen) atoms. The monoisotopic (exact) mass is 484 g/mol. The van der Waals surface area contributed by atoms with Crippen molar-refractivity contribution >= 4 is 23.2 Å². The number of anilines is 1. The van der Waals surface area contributed by atoms with Gasteiger partial charge in [0, 0.05) is 31.1 Å². The molecule has 2 heterocycles. The number of nitro groups is 1. The standard InChI is InChI=1S/C28H28N4O4/c1-30-17-21(16-19-4-12-24(35-2)13-5-19)27-26(18-30)28(20-6-14-25(36-3)15-7-20)31(29-27)22-8-10-23(11-9-22)32(33)34/h4-16,26,28H,17-18H2,1-3H3/b21-16-. The van der Waals surface area contributed by atoms with Crippen LogP contribution in [0.15, 0.2) is 83.5 Å². The molecule has 1 fully saturated rings. The minimum absolute atomic E-state index is 0.0591. The average Bonchev–Trinajstić information content (AvgIpc) is 3.28. The fourth-order valence-electron chi connectivity index (χ4n) is 4.97. The quantitative estimate of drug-likeness (QED) is 0.355. The van der Waals surface area contributed by atoms with Crippen molar-refractivity contribution in [1.82, 2.24) is 4.90 Å². The molecule has 5 rings (SSSR count). The lowest BCUT2D eigenvalue weighted by Gasteiger charge is -2.34. The zero-order valence-corrected chi connectivity index (χ0v) is 20.5. The Balaban J connectivity index is 1.58. The molecule has 2 unspecified atom stereocenters. The molecule has 184 valence electrons. The molecule has 3 aromatic rings. The summed E-state index contributed by atoms with van der Waals surface area (Å²) in [6.07, 6.45) is 2.19. The fraction of sp³-hybridized carbons (Fsp3) is 0.250. The molecule has 0 radical (unpaired) electrons. The SMILES string of the molecule is COc1ccc(/C=C2/CN(C)CC3C2=NN(c2ccc([N+](=O)[O-])cc2)C3c2ccc(OC)cc2)cc1. The van der Waals surface area contributed by atoms with Crippen molar-refractivity contribution < 1.29 is 14.4 Å². The third-order valence-electron chi connectivity index (χ3n) is 6.73. The number of nitrogens with zero attached hydrogens (tertiary/aromatic N) is 4. The highest BCUT2D eigenvalue weighted by Crippen LogP contribution is 2.43. The number of non-ortho nitro benzene ring substituents is 1. The fourth-order valence-corrected chi connectivity index (χ4v) is 4.97. The highest BCUT2D eigenvalue weighted by Gasteiger charge is 2.43. The Labute approximate surface area is 210 Å². The van der Waals surface area contributed by atoms with Crippen LogP contribution in [0.5, 0.6) is 11.5 Å². The molecule has 2 aliphatic rings. The Bertz CT molecular complexity index is 1300. The van der Waals surface area contributed by atoms with Crippen LogP contribution in [0, 0.1) is 16.0 Å². The van der Waals surface area contributed by atoms with Gasteiger partial charge in [-0.05, 0) is 66.2 Å². The Morgan fingerprint density at radius 2 is 1.56 bits per heavy atom. The van der Waals surface area contributed by atoms with Gasteiger partial charge in [-0.1, -0.05) is 24.3 Å². The summed E-state index contributed by atoms with van der Waals surface area (Å²) in [5, 5.41) is 18.3. The van der Waals surface area contributed by atoms with Crippen molar-refractivity contribution in [2.24, 2.45) is 11.0 Å². The van der Waals surface area contributed by atoms with Gasteiger partial charge >= 0.3 is 0 Å². The Kier molecular flexibility index (Phi) is 6.43. The number of benzene rings is 3. The van der Waals surface area contributed by atoms with Crippen LogP contribution in [-0.4, -0.2) is 49.9 Å². The number of piperidine rings is 1. The summed E-state index contributed by atoms with van der Waals surface area (Å²) in [4.78, 5) is 13.1. The van der Waals surface area contributed by atoms with Gasteiger partial charge in [-0.15, -0.1) is 0 Å². The van der Waals surface area contributed by atoms with Gasteiger partial charge in [-0.2, -0.15) is 5.10 Å². The van der Waals surface area contributed by atoms with Gasteiger partial charge in [0.2, 0.25) is 0 Å². The van der Waals surface area contributed by atoms with Gasteiger partial charge < -0.3 is 14.4 Å². The number of nitro benzene ring substituents is 1. The second kappa shape index (κ2) is 9.83. The third-order valence-corrected chi connectivity index (χ3v) is 6.73. The van der Waals surface area contributed by atoms with Crippen molar-refractivity contribution in [2.75, 3.05) is 39.4 Å². The summed E-state index contributed by atoms with van der Waals surface area (Å²) in [6, 6.07) is 22.6. The van der Waals surface area contributed by atoms with Gasteiger partial charge in [0.1, 0.15) is 11.5 Å². The van der Waals surface area contributed by atoms with Crippen LogP contribution in [0.2, 0.25) is 0 Å². The number of rotatable bonds is 6. The first-order chi connectivity index (χ1) is 17.5. The van der Waals surface area contributed by atoms with Crippen LogP contribution in [0.4, 0.5) is 11.4 Å². The van der Waals surface area contributed by atoms with Gasteiger partial charge in [0.25, 0.3) is 5.69 Å². The first-order valence-electron chi connectivity index (χ1n) is 11.8. The number of likely N-dealkylation sites (N-methyl/N-ethyl adjacent to an activating group) is 1. The van der Waals surface area contributed by atoms with E-state index in [2.05, 4.69) is 30.2 Å². The summed E-state index contributed by atoms with van der Waals surface area (Å²) in [7, 11) is 5.44. The molecule has 0 bridgehead atoms. The van der Waals surface area contributed by atoms with E-state index in [0.717, 1.165) is 52.7 Å². The minimum atomic E-state index is -0.384. The van der Waals surface area contributed by atoms with E-state index in [-0.39, 0.29) is 22.6 Å². The largest absolute Gasteiger partial charge is 0.497 e. The van der Waals surface area contributed by atoms with Crippen LogP contribution in [-0.2, 0) is 0 Å². The number of ether oxygens (including phenoxy) is 2. The second-order valence-corrected chi connectivity index (χ2v) is 9.07. The van der Waals surface area contributed by atoms with E-state index in [4.69, 9.17) is 14.6 Å². The van der Waals surface area contributed by atoms with Crippen molar-refractivity contribution in [3.05, 3.63) is 99.6 Å². The summed E-state index contributed by atoms with van der Waals surface area (Å²) in [6.45, 7) is 1.63. The lowest BCUT2D eigenvalue weighted by molar-refractivity contribution is -0.384. The molecule has 0 saturated carbocycles. The van der Waals surface area contributed by atoms with Crippen molar-refractivity contribution in [3.63, 3.8) is 0 Å². The molecule has 0 N–H and O–H groups in total. The van der Waals surface area contributed by atoms with Crippen LogP contribution in [0.25, 0.3) is 6.08 Å². The first-order valence-corrected chi connectivity index (χ1v) is 11.8. The number of hydrogen-bond acceptors (Lipinski definition) is 7. The highest BCUT2D eigenvalue weighted by atomic mass is 16.6. The average molecular weight is 485 g/mol. The second-order valence-electron chi connectivity index (χ2n) is 9.07. The van der Waals surface area contributed by atoms with Crippen molar-refractivity contribution in [1.29, 1.82) is 0 Å². The number of fused-ring (bicyclic) bond motifs is 1. The zero-order valence-electron chi connectivity index (χ0n) is 20.5. The molecule has 1 saturated heterocycles. The number of likely N-dealkylation sites (tertiary alicyclic amines) is 1. The molecular weight excluding hydrogens is 456 g/mol. The van der Waals surface area contributed by atoms with Crippen LogP contribution >= 0.6 is 0 Å². The summed E-state index contributed by atoms with van der Waals surface area (Å²) in [5.41, 5.74) is 5.26. The van der Waals surface area contributed by atoms with E-state index in [1.807, 2.05) is 41.4 Å². The van der Waals surface area contributed by atoms with E-state index in [9.17, 15) is 10.1 Å². The molecule has 0 aliphatic carbocycles. The summed E-state index contributed by atoms with van der Waals surface area (Å²) < 4.78 is 10.7. The molecule has 0 amide bonds. The smallest absolute Gasteiger partial charge is 0.269 e. The topological polar surface area (TPSA) is 80.4 Å². The predicted molar refractivity (Wildman–Crippen MR) is 141 cm³/mol. The molecule has 3 aromatic carbocycles. The molecular formula is C28H28N4O4. The molecule has 8 heteroatoms. The van der Waals surface area contributed by atoms with Crippen molar-refractivity contribution in [3.8, 4) is 11.5 Å². The predicted octanol–water partition coefficient (Wildman–Crippen LogP) is 5.17. The molecule has 0 spiro atoms. The van der Waals surface area contributed by atoms with E-state index < -0.39 is 0 Å². The van der Waals surface area contributed by atoms with E-state index in [0.29, 0.717) is 0 Å². The van der Waals surface area contributed by atoms with Crippen LogP contribution in [0.1, 0.15) is 17.2 Å². The first kappa shape index (κ1) is 23.6. The number of hydrazone groups is 1. The summed E-state index contributed by atoms with van der Waals surface area (Å²) in [5.74, 6) is 1.73. The Morgan fingerprint density at radius 3 is 2.14 bits per heavy atom. The maximum Gasteiger partial charge on any atom is 0.269 e. The van der Waals surface area contributed by atoms with Gasteiger partial charge in [-0.25, -0.2) is 0 Å². The normalized spacial score (nSPS) is 20.7. The minimum Gasteiger partial charge on any atom is -0.497 e. The Morgan fingerprint density at radius 1 is 0.944 bits per heavy atom. The molecule has 0 aromatic heterocycles. The third kappa shape index (κ3) is 4.55. The van der Waals surface area contributed by atoms with Gasteiger partial charge in [0.05, 0.1) is 36.6 Å². The lowest BCUT2D eigenvalue weighted by Crippen LogP contribution is -2.41. The summed E-state index contributed by atoms with van der Waals surface area (Å²) >= 11 is 0. The zero-order chi connectivity index (χ0) is 25.2. The maximum absolute atomic E-state index is 11.2. The maximum atomic E-state index is 11.2. The van der Waals surface area contributed by atoms with Crippen LogP contribution in [0.3, 0.4) is 0 Å². The number of methoxy groups -OCH3 is 2. The lowest BCUT2D eigenvalue weighted by atomic mass is 9.83. The van der Waals surface area contributed by atoms with Crippen LogP contribution < -0.4 is 14.5 Å². The molecule has 2 atom stereocenters. The Hall–Kier alpha value is -4.17. The molecule has 2 aliphatic heterocycles.